The van der Waals surface area contributed by atoms with Gasteiger partial charge in [-0.05, 0) is 32.2 Å². The van der Waals surface area contributed by atoms with Crippen LogP contribution in [0.5, 0.6) is 0 Å². The first-order valence-electron chi connectivity index (χ1n) is 7.55. The van der Waals surface area contributed by atoms with Crippen LogP contribution in [0.25, 0.3) is 0 Å². The lowest BCUT2D eigenvalue weighted by Gasteiger charge is -2.05. The molecule has 0 radical (unpaired) electrons. The van der Waals surface area contributed by atoms with Gasteiger partial charge in [0.25, 0.3) is 0 Å². The number of nitrogens with zero attached hydrogens (tertiary/aromatic N) is 1. The third kappa shape index (κ3) is 4.76. The van der Waals surface area contributed by atoms with Crippen LogP contribution in [0, 0.1) is 0 Å². The second-order valence-electron chi connectivity index (χ2n) is 5.40. The van der Waals surface area contributed by atoms with E-state index in [2.05, 4.69) is 26.1 Å². The first-order valence-corrected chi connectivity index (χ1v) is 9.41. The molecule has 2 rings (SSSR count). The number of aromatic nitrogens is 1. The molecule has 1 heterocycles. The van der Waals surface area contributed by atoms with Crippen molar-refractivity contribution < 1.29 is 0 Å². The summed E-state index contributed by atoms with van der Waals surface area (Å²) in [6.45, 7) is 8.92. The van der Waals surface area contributed by atoms with Crippen LogP contribution in [0.2, 0.25) is 0 Å². The van der Waals surface area contributed by atoms with Crippen LogP contribution in [0.3, 0.4) is 0 Å². The minimum atomic E-state index is 0.745. The number of hydrogen-bond donors (Lipinski definition) is 1. The normalized spacial score (nSPS) is 16.8. The van der Waals surface area contributed by atoms with Gasteiger partial charge in [-0.2, -0.15) is 11.8 Å². The molecule has 0 amide bonds. The zero-order chi connectivity index (χ0) is 13.7. The van der Waals surface area contributed by atoms with Gasteiger partial charge in [0.1, 0.15) is 5.01 Å². The largest absolute Gasteiger partial charge is 0.312 e. The van der Waals surface area contributed by atoms with Crippen molar-refractivity contribution in [2.75, 3.05) is 6.54 Å². The topological polar surface area (TPSA) is 24.9 Å². The summed E-state index contributed by atoms with van der Waals surface area (Å²) in [5.74, 6) is 1.87. The summed E-state index contributed by atoms with van der Waals surface area (Å²) in [4.78, 5) is 6.41. The Morgan fingerprint density at radius 1 is 1.42 bits per heavy atom. The lowest BCUT2D eigenvalue weighted by Crippen LogP contribution is -2.13. The van der Waals surface area contributed by atoms with Crippen LogP contribution in [0.4, 0.5) is 0 Å². The Morgan fingerprint density at radius 3 is 2.84 bits per heavy atom. The van der Waals surface area contributed by atoms with Crippen molar-refractivity contribution in [3.8, 4) is 0 Å². The third-order valence-corrected chi connectivity index (χ3v) is 6.11. The molecule has 0 aromatic carbocycles. The molecule has 1 aromatic heterocycles. The molecule has 1 aromatic rings. The summed E-state index contributed by atoms with van der Waals surface area (Å²) in [5, 5.41) is 5.61. The molecular formula is C15H26N2S2. The first kappa shape index (κ1) is 15.3. The molecule has 2 nitrogen and oxygen atoms in total. The van der Waals surface area contributed by atoms with Crippen LogP contribution < -0.4 is 5.32 Å². The van der Waals surface area contributed by atoms with E-state index >= 15 is 0 Å². The van der Waals surface area contributed by atoms with Gasteiger partial charge in [0, 0.05) is 28.3 Å². The fraction of sp³-hybridized carbons (Fsp3) is 0.800. The van der Waals surface area contributed by atoms with Gasteiger partial charge in [-0.25, -0.2) is 4.98 Å². The average Bonchev–Trinajstić information content (AvgIpc) is 3.18. The van der Waals surface area contributed by atoms with Crippen molar-refractivity contribution in [3.05, 3.63) is 15.6 Å². The van der Waals surface area contributed by atoms with E-state index in [1.807, 2.05) is 23.1 Å². The Morgan fingerprint density at radius 2 is 2.21 bits per heavy atom. The molecule has 4 heteroatoms. The standard InChI is InChI=1S/C15H26N2S2/c1-4-8-16-9-13-15(12-6-7-12)17-14(19-13)10-18-11(3)5-2/h11-12,16H,4-10H2,1-3H3. The van der Waals surface area contributed by atoms with E-state index in [1.54, 1.807) is 0 Å². The molecule has 0 saturated heterocycles. The van der Waals surface area contributed by atoms with Crippen LogP contribution in [0.1, 0.15) is 68.0 Å². The maximum Gasteiger partial charge on any atom is 0.103 e. The van der Waals surface area contributed by atoms with Gasteiger partial charge in [-0.3, -0.25) is 0 Å². The quantitative estimate of drug-likeness (QED) is 0.677. The predicted octanol–water partition coefficient (Wildman–Crippen LogP) is 4.55. The Hall–Kier alpha value is -0.0600. The molecule has 108 valence electrons. The van der Waals surface area contributed by atoms with Crippen molar-refractivity contribution in [2.45, 2.75) is 69.9 Å². The zero-order valence-corrected chi connectivity index (χ0v) is 14.0. The van der Waals surface area contributed by atoms with Gasteiger partial charge >= 0.3 is 0 Å². The lowest BCUT2D eigenvalue weighted by atomic mass is 10.2. The highest BCUT2D eigenvalue weighted by Crippen LogP contribution is 2.43. The summed E-state index contributed by atoms with van der Waals surface area (Å²) in [6.07, 6.45) is 5.15. The maximum atomic E-state index is 4.91. The summed E-state index contributed by atoms with van der Waals surface area (Å²) in [6, 6.07) is 0. The van der Waals surface area contributed by atoms with Crippen LogP contribution in [-0.2, 0) is 12.3 Å². The Kier molecular flexibility index (Phi) is 6.17. The Bertz CT molecular complexity index is 385. The van der Waals surface area contributed by atoms with E-state index in [0.717, 1.165) is 30.0 Å². The fourth-order valence-electron chi connectivity index (χ4n) is 1.99. The monoisotopic (exact) mass is 298 g/mol. The lowest BCUT2D eigenvalue weighted by molar-refractivity contribution is 0.676. The van der Waals surface area contributed by atoms with Crippen molar-refractivity contribution in [1.82, 2.24) is 10.3 Å². The number of thiazole rings is 1. The summed E-state index contributed by atoms with van der Waals surface area (Å²) >= 11 is 3.98. The van der Waals surface area contributed by atoms with Crippen LogP contribution in [-0.4, -0.2) is 16.8 Å². The molecule has 1 unspecified atom stereocenters. The fourth-order valence-corrected chi connectivity index (χ4v) is 4.07. The van der Waals surface area contributed by atoms with Crippen molar-refractivity contribution in [1.29, 1.82) is 0 Å². The van der Waals surface area contributed by atoms with E-state index in [0.29, 0.717) is 0 Å². The SMILES string of the molecule is CCCNCc1sc(CSC(C)CC)nc1C1CC1. The number of nitrogens with one attached hydrogen (secondary N) is 1. The second kappa shape index (κ2) is 7.65. The van der Waals surface area contributed by atoms with E-state index in [9.17, 15) is 0 Å². The van der Waals surface area contributed by atoms with Crippen LogP contribution >= 0.6 is 23.1 Å². The molecule has 1 aliphatic rings. The van der Waals surface area contributed by atoms with E-state index in [-0.39, 0.29) is 0 Å². The van der Waals surface area contributed by atoms with E-state index in [1.165, 1.54) is 41.3 Å². The van der Waals surface area contributed by atoms with Gasteiger partial charge in [-0.15, -0.1) is 11.3 Å². The van der Waals surface area contributed by atoms with Crippen LogP contribution in [0.15, 0.2) is 0 Å². The molecular weight excluding hydrogens is 272 g/mol. The molecule has 1 N–H and O–H groups in total. The zero-order valence-electron chi connectivity index (χ0n) is 12.4. The first-order chi connectivity index (χ1) is 9.24. The number of hydrogen-bond acceptors (Lipinski definition) is 4. The molecule has 0 aliphatic heterocycles. The van der Waals surface area contributed by atoms with Gasteiger partial charge in [-0.1, -0.05) is 20.8 Å². The van der Waals surface area contributed by atoms with Gasteiger partial charge in [0.15, 0.2) is 0 Å². The molecule has 0 bridgehead atoms. The van der Waals surface area contributed by atoms with Gasteiger partial charge in [0.05, 0.1) is 5.69 Å². The Labute approximate surface area is 125 Å². The predicted molar refractivity (Wildman–Crippen MR) is 87.1 cm³/mol. The highest BCUT2D eigenvalue weighted by molar-refractivity contribution is 7.99. The van der Waals surface area contributed by atoms with Gasteiger partial charge < -0.3 is 5.32 Å². The second-order valence-corrected chi connectivity index (χ2v) is 7.99. The average molecular weight is 299 g/mol. The summed E-state index contributed by atoms with van der Waals surface area (Å²) in [5.41, 5.74) is 1.41. The maximum absolute atomic E-state index is 4.91. The minimum Gasteiger partial charge on any atom is -0.312 e. The van der Waals surface area contributed by atoms with Crippen molar-refractivity contribution >= 4 is 23.1 Å². The highest BCUT2D eigenvalue weighted by Gasteiger charge is 2.29. The molecule has 19 heavy (non-hydrogen) atoms. The molecule has 1 saturated carbocycles. The minimum absolute atomic E-state index is 0.745. The smallest absolute Gasteiger partial charge is 0.103 e. The number of thioether (sulfide) groups is 1. The summed E-state index contributed by atoms with van der Waals surface area (Å²) in [7, 11) is 0. The molecule has 1 fully saturated rings. The van der Waals surface area contributed by atoms with Crippen molar-refractivity contribution in [3.63, 3.8) is 0 Å². The third-order valence-electron chi connectivity index (χ3n) is 3.51. The molecule has 1 aliphatic carbocycles. The van der Waals surface area contributed by atoms with Gasteiger partial charge in [0.2, 0.25) is 0 Å². The Balaban J connectivity index is 1.94. The van der Waals surface area contributed by atoms with Crippen molar-refractivity contribution in [2.24, 2.45) is 0 Å². The van der Waals surface area contributed by atoms with E-state index < -0.39 is 0 Å². The van der Waals surface area contributed by atoms with E-state index in [4.69, 9.17) is 4.98 Å². The molecule has 0 spiro atoms. The highest BCUT2D eigenvalue weighted by atomic mass is 32.2. The molecule has 1 atom stereocenters. The summed E-state index contributed by atoms with van der Waals surface area (Å²) < 4.78 is 0. The number of rotatable bonds is 9.